The molecule has 1 aromatic rings. The maximum atomic E-state index is 14.4. The number of thiophene rings is 1. The van der Waals surface area contributed by atoms with Gasteiger partial charge in [-0.1, -0.05) is 13.8 Å². The molecule has 0 saturated heterocycles. The van der Waals surface area contributed by atoms with Gasteiger partial charge in [0.2, 0.25) is 0 Å². The second-order valence-corrected chi connectivity index (χ2v) is 4.57. The molecule has 74 valence electrons. The van der Waals surface area contributed by atoms with Gasteiger partial charge in [0.25, 0.3) is 0 Å². The first-order valence-corrected chi connectivity index (χ1v) is 5.34. The fourth-order valence-corrected chi connectivity index (χ4v) is 2.57. The van der Waals surface area contributed by atoms with Gasteiger partial charge in [0.15, 0.2) is 5.67 Å². The molecular formula is C10H16FNS. The quantitative estimate of drug-likeness (QED) is 0.799. The molecule has 0 saturated carbocycles. The van der Waals surface area contributed by atoms with Crippen molar-refractivity contribution in [2.24, 2.45) is 11.7 Å². The second kappa shape index (κ2) is 3.76. The third-order valence-corrected chi connectivity index (χ3v) is 3.62. The first kappa shape index (κ1) is 10.7. The second-order valence-electron chi connectivity index (χ2n) is 3.65. The molecule has 1 aromatic heterocycles. The van der Waals surface area contributed by atoms with E-state index >= 15 is 0 Å². The Kier molecular flexibility index (Phi) is 3.09. The van der Waals surface area contributed by atoms with E-state index in [1.807, 2.05) is 32.2 Å². The summed E-state index contributed by atoms with van der Waals surface area (Å²) in [6, 6.07) is 1.94. The molecule has 0 radical (unpaired) electrons. The predicted octanol–water partition coefficient (Wildman–Crippen LogP) is 2.84. The minimum absolute atomic E-state index is 0.0615. The van der Waals surface area contributed by atoms with E-state index in [1.165, 1.54) is 11.3 Å². The van der Waals surface area contributed by atoms with E-state index in [4.69, 9.17) is 5.73 Å². The lowest BCUT2D eigenvalue weighted by molar-refractivity contribution is 0.113. The lowest BCUT2D eigenvalue weighted by Crippen LogP contribution is -2.35. The summed E-state index contributed by atoms with van der Waals surface area (Å²) in [6.07, 6.45) is 0. The van der Waals surface area contributed by atoms with Crippen molar-refractivity contribution in [1.82, 2.24) is 0 Å². The van der Waals surface area contributed by atoms with Crippen molar-refractivity contribution in [3.8, 4) is 0 Å². The van der Waals surface area contributed by atoms with Crippen LogP contribution in [0.5, 0.6) is 0 Å². The monoisotopic (exact) mass is 201 g/mol. The number of nitrogens with two attached hydrogens (primary N) is 1. The molecular weight excluding hydrogens is 185 g/mol. The highest BCUT2D eigenvalue weighted by Gasteiger charge is 2.36. The van der Waals surface area contributed by atoms with Gasteiger partial charge in [0.05, 0.1) is 0 Å². The summed E-state index contributed by atoms with van der Waals surface area (Å²) < 4.78 is 14.4. The molecule has 1 atom stereocenters. The van der Waals surface area contributed by atoms with E-state index in [0.29, 0.717) is 0 Å². The topological polar surface area (TPSA) is 26.0 Å². The van der Waals surface area contributed by atoms with Gasteiger partial charge < -0.3 is 5.73 Å². The Morgan fingerprint density at radius 2 is 2.23 bits per heavy atom. The Morgan fingerprint density at radius 3 is 2.54 bits per heavy atom. The molecule has 1 rings (SSSR count). The first-order chi connectivity index (χ1) is 6.02. The fourth-order valence-electron chi connectivity index (χ4n) is 1.39. The molecule has 0 bridgehead atoms. The fraction of sp³-hybridized carbons (Fsp3) is 0.600. The third-order valence-electron chi connectivity index (χ3n) is 2.45. The van der Waals surface area contributed by atoms with Crippen LogP contribution >= 0.6 is 11.3 Å². The Morgan fingerprint density at radius 1 is 1.62 bits per heavy atom. The van der Waals surface area contributed by atoms with Crippen molar-refractivity contribution in [3.05, 3.63) is 21.9 Å². The summed E-state index contributed by atoms with van der Waals surface area (Å²) in [5, 5.41) is 1.91. The van der Waals surface area contributed by atoms with Gasteiger partial charge in [0.1, 0.15) is 0 Å². The zero-order chi connectivity index (χ0) is 10.1. The number of hydrogen-bond acceptors (Lipinski definition) is 2. The molecule has 1 unspecified atom stereocenters. The molecule has 0 aliphatic carbocycles. The smallest absolute Gasteiger partial charge is 0.159 e. The molecule has 13 heavy (non-hydrogen) atoms. The number of alkyl halides is 1. The minimum Gasteiger partial charge on any atom is -0.327 e. The van der Waals surface area contributed by atoms with Crippen LogP contribution in [0.25, 0.3) is 0 Å². The third kappa shape index (κ3) is 1.76. The summed E-state index contributed by atoms with van der Waals surface area (Å²) in [4.78, 5) is 0.782. The normalized spacial score (nSPS) is 16.2. The lowest BCUT2D eigenvalue weighted by Gasteiger charge is -2.27. The minimum atomic E-state index is -1.35. The highest BCUT2D eigenvalue weighted by molar-refractivity contribution is 7.10. The average molecular weight is 201 g/mol. The summed E-state index contributed by atoms with van der Waals surface area (Å²) >= 11 is 1.45. The Labute approximate surface area is 82.8 Å². The van der Waals surface area contributed by atoms with E-state index < -0.39 is 5.67 Å². The highest BCUT2D eigenvalue weighted by atomic mass is 32.1. The first-order valence-electron chi connectivity index (χ1n) is 4.46. The number of hydrogen-bond donors (Lipinski definition) is 1. The zero-order valence-electron chi connectivity index (χ0n) is 8.30. The van der Waals surface area contributed by atoms with Crippen LogP contribution < -0.4 is 5.73 Å². The van der Waals surface area contributed by atoms with Crippen molar-refractivity contribution in [1.29, 1.82) is 0 Å². The van der Waals surface area contributed by atoms with Crippen molar-refractivity contribution in [2.75, 3.05) is 6.54 Å². The molecule has 0 aromatic carbocycles. The summed E-state index contributed by atoms with van der Waals surface area (Å²) in [7, 11) is 0. The highest BCUT2D eigenvalue weighted by Crippen LogP contribution is 2.38. The molecule has 2 N–H and O–H groups in total. The Bertz CT molecular complexity index is 282. The SMILES string of the molecule is Cc1ccsc1C(F)(CN)C(C)C. The van der Waals surface area contributed by atoms with Crippen LogP contribution in [-0.4, -0.2) is 6.54 Å². The van der Waals surface area contributed by atoms with Crippen molar-refractivity contribution in [2.45, 2.75) is 26.4 Å². The summed E-state index contributed by atoms with van der Waals surface area (Å²) in [6.45, 7) is 5.72. The van der Waals surface area contributed by atoms with Crippen LogP contribution in [-0.2, 0) is 5.67 Å². The van der Waals surface area contributed by atoms with Crippen LogP contribution in [0.4, 0.5) is 4.39 Å². The maximum absolute atomic E-state index is 14.4. The van der Waals surface area contributed by atoms with Gasteiger partial charge in [0, 0.05) is 11.4 Å². The van der Waals surface area contributed by atoms with Gasteiger partial charge >= 0.3 is 0 Å². The molecule has 0 amide bonds. The van der Waals surface area contributed by atoms with E-state index in [1.54, 1.807) is 0 Å². The largest absolute Gasteiger partial charge is 0.327 e. The van der Waals surface area contributed by atoms with E-state index in [0.717, 1.165) is 10.4 Å². The van der Waals surface area contributed by atoms with E-state index in [-0.39, 0.29) is 12.5 Å². The van der Waals surface area contributed by atoms with Crippen LogP contribution in [0.3, 0.4) is 0 Å². The molecule has 3 heteroatoms. The van der Waals surface area contributed by atoms with Gasteiger partial charge in [-0.25, -0.2) is 4.39 Å². The average Bonchev–Trinajstić information content (AvgIpc) is 2.50. The molecule has 0 aliphatic rings. The van der Waals surface area contributed by atoms with E-state index in [9.17, 15) is 4.39 Å². The number of rotatable bonds is 3. The molecule has 1 nitrogen and oxygen atoms in total. The van der Waals surface area contributed by atoms with Gasteiger partial charge in [-0.3, -0.25) is 0 Å². The standard InChI is InChI=1S/C10H16FNS/c1-7(2)10(11,6-12)9-8(3)4-5-13-9/h4-5,7H,6,12H2,1-3H3. The number of halogens is 1. The Hall–Kier alpha value is -0.410. The van der Waals surface area contributed by atoms with E-state index in [2.05, 4.69) is 0 Å². The van der Waals surface area contributed by atoms with Crippen LogP contribution in [0.1, 0.15) is 24.3 Å². The predicted molar refractivity (Wildman–Crippen MR) is 55.7 cm³/mol. The molecule has 0 fully saturated rings. The molecule has 0 spiro atoms. The van der Waals surface area contributed by atoms with Gasteiger partial charge in [-0.2, -0.15) is 0 Å². The number of aryl methyl sites for hydroxylation is 1. The van der Waals surface area contributed by atoms with Gasteiger partial charge in [-0.15, -0.1) is 11.3 Å². The van der Waals surface area contributed by atoms with Crippen LogP contribution in [0.2, 0.25) is 0 Å². The van der Waals surface area contributed by atoms with Crippen molar-refractivity contribution < 1.29 is 4.39 Å². The van der Waals surface area contributed by atoms with Gasteiger partial charge in [-0.05, 0) is 29.9 Å². The zero-order valence-corrected chi connectivity index (χ0v) is 9.12. The summed E-state index contributed by atoms with van der Waals surface area (Å²) in [5.74, 6) is -0.0742. The summed E-state index contributed by atoms with van der Waals surface area (Å²) in [5.41, 5.74) is 5.16. The van der Waals surface area contributed by atoms with Crippen LogP contribution in [0.15, 0.2) is 11.4 Å². The Balaban J connectivity index is 3.10. The van der Waals surface area contributed by atoms with Crippen molar-refractivity contribution >= 4 is 11.3 Å². The van der Waals surface area contributed by atoms with Crippen LogP contribution in [0, 0.1) is 12.8 Å². The molecule has 1 heterocycles. The lowest BCUT2D eigenvalue weighted by atomic mass is 9.89. The van der Waals surface area contributed by atoms with Crippen molar-refractivity contribution in [3.63, 3.8) is 0 Å². The maximum Gasteiger partial charge on any atom is 0.159 e. The molecule has 0 aliphatic heterocycles.